The molecule has 0 bridgehead atoms. The van der Waals surface area contributed by atoms with E-state index < -0.39 is 11.0 Å². The van der Waals surface area contributed by atoms with E-state index in [0.29, 0.717) is 5.70 Å². The van der Waals surface area contributed by atoms with Crippen LogP contribution < -0.4 is 10.6 Å². The number of amides is 2. The Kier molecular flexibility index (Phi) is 4.68. The van der Waals surface area contributed by atoms with E-state index in [9.17, 15) is 14.9 Å². The number of benzene rings is 3. The van der Waals surface area contributed by atoms with Crippen LogP contribution in [0, 0.1) is 10.1 Å². The van der Waals surface area contributed by atoms with Crippen LogP contribution in [0.4, 0.5) is 10.5 Å². The number of fused-ring (bicyclic) bond motifs is 1. The van der Waals surface area contributed by atoms with E-state index in [4.69, 9.17) is 4.98 Å². The second-order valence-electron chi connectivity index (χ2n) is 7.02. The molecule has 0 spiro atoms. The van der Waals surface area contributed by atoms with Crippen molar-refractivity contribution in [1.82, 2.24) is 15.6 Å². The van der Waals surface area contributed by atoms with E-state index in [2.05, 4.69) is 10.6 Å². The van der Waals surface area contributed by atoms with Gasteiger partial charge in [-0.2, -0.15) is 0 Å². The molecule has 1 atom stereocenters. The molecule has 8 heteroatoms. The van der Waals surface area contributed by atoms with E-state index in [-0.39, 0.29) is 11.7 Å². The van der Waals surface area contributed by atoms with Gasteiger partial charge in [-0.25, -0.2) is 9.78 Å². The van der Waals surface area contributed by atoms with Crippen LogP contribution in [0.15, 0.2) is 78.9 Å². The van der Waals surface area contributed by atoms with Gasteiger partial charge in [0.2, 0.25) is 0 Å². The van der Waals surface area contributed by atoms with Gasteiger partial charge in [-0.3, -0.25) is 10.1 Å². The van der Waals surface area contributed by atoms with Crippen LogP contribution >= 0.6 is 11.3 Å². The lowest BCUT2D eigenvalue weighted by Crippen LogP contribution is -2.42. The van der Waals surface area contributed by atoms with Crippen molar-refractivity contribution in [2.24, 2.45) is 0 Å². The Bertz CT molecular complexity index is 1300. The Morgan fingerprint density at radius 3 is 2.35 bits per heavy atom. The summed E-state index contributed by atoms with van der Waals surface area (Å²) in [6.45, 7) is 0. The van der Waals surface area contributed by atoms with Gasteiger partial charge in [0.15, 0.2) is 0 Å². The predicted octanol–water partition coefficient (Wildman–Crippen LogP) is 5.13. The van der Waals surface area contributed by atoms with Gasteiger partial charge in [-0.15, -0.1) is 11.3 Å². The van der Waals surface area contributed by atoms with Crippen LogP contribution in [0.25, 0.3) is 21.5 Å². The van der Waals surface area contributed by atoms with Gasteiger partial charge in [0.25, 0.3) is 5.69 Å². The molecule has 0 saturated carbocycles. The minimum absolute atomic E-state index is 0.00203. The number of non-ortho nitro benzene ring substituents is 1. The lowest BCUT2D eigenvalue weighted by molar-refractivity contribution is -0.384. The van der Waals surface area contributed by atoms with Gasteiger partial charge in [-0.05, 0) is 35.4 Å². The summed E-state index contributed by atoms with van der Waals surface area (Å²) in [6, 6.07) is 22.8. The first-order chi connectivity index (χ1) is 15.1. The monoisotopic (exact) mass is 428 g/mol. The minimum Gasteiger partial charge on any atom is -0.327 e. The normalized spacial score (nSPS) is 16.1. The van der Waals surface area contributed by atoms with Crippen molar-refractivity contribution in [3.05, 3.63) is 105 Å². The molecule has 1 aliphatic heterocycles. The van der Waals surface area contributed by atoms with Crippen LogP contribution in [-0.4, -0.2) is 15.9 Å². The minimum atomic E-state index is -0.509. The third-order valence-electron chi connectivity index (χ3n) is 5.10. The number of para-hydroxylation sites is 1. The van der Waals surface area contributed by atoms with Gasteiger partial charge in [0.1, 0.15) is 5.01 Å². The lowest BCUT2D eigenvalue weighted by atomic mass is 9.93. The number of nitrogens with zero attached hydrogens (tertiary/aromatic N) is 2. The van der Waals surface area contributed by atoms with Gasteiger partial charge in [0, 0.05) is 17.7 Å². The number of hydrogen-bond acceptors (Lipinski definition) is 5. The fourth-order valence-electron chi connectivity index (χ4n) is 3.65. The van der Waals surface area contributed by atoms with Crippen LogP contribution in [-0.2, 0) is 0 Å². The number of urea groups is 1. The van der Waals surface area contributed by atoms with E-state index >= 15 is 0 Å². The number of nitro benzene ring substituents is 1. The van der Waals surface area contributed by atoms with Gasteiger partial charge in [0.05, 0.1) is 26.9 Å². The largest absolute Gasteiger partial charge is 0.327 e. The molecule has 2 amide bonds. The number of carbonyl (C=O) groups is 1. The summed E-state index contributed by atoms with van der Waals surface area (Å²) >= 11 is 1.54. The summed E-state index contributed by atoms with van der Waals surface area (Å²) in [5.41, 5.74) is 3.97. The molecule has 4 aromatic rings. The molecule has 2 heterocycles. The number of rotatable bonds is 4. The zero-order chi connectivity index (χ0) is 21.4. The Hall–Kier alpha value is -4.04. The molecule has 1 aliphatic rings. The summed E-state index contributed by atoms with van der Waals surface area (Å²) in [5.74, 6) is 0. The van der Waals surface area contributed by atoms with Crippen molar-refractivity contribution in [2.45, 2.75) is 6.04 Å². The Balaban J connectivity index is 1.73. The highest BCUT2D eigenvalue weighted by atomic mass is 32.1. The average molecular weight is 428 g/mol. The van der Waals surface area contributed by atoms with E-state index in [1.807, 2.05) is 54.6 Å². The van der Waals surface area contributed by atoms with Crippen LogP contribution in [0.3, 0.4) is 0 Å². The quantitative estimate of drug-likeness (QED) is 0.348. The van der Waals surface area contributed by atoms with Crippen molar-refractivity contribution in [2.75, 3.05) is 0 Å². The standard InChI is InChI=1S/C23H16N4O3S/c28-23-25-20(14-6-2-1-3-7-14)19(22-24-17-8-4-5-9-18(17)31-22)21(26-23)15-10-12-16(13-11-15)27(29)30/h1-13,21H,(H2,25,26,28)/t21-/m1/s1. The predicted molar refractivity (Wildman–Crippen MR) is 120 cm³/mol. The summed E-state index contributed by atoms with van der Waals surface area (Å²) < 4.78 is 1.04. The van der Waals surface area contributed by atoms with E-state index in [1.165, 1.54) is 12.1 Å². The first kappa shape index (κ1) is 19.0. The highest BCUT2D eigenvalue weighted by Gasteiger charge is 2.32. The average Bonchev–Trinajstić information content (AvgIpc) is 3.23. The molecule has 2 N–H and O–H groups in total. The van der Waals surface area contributed by atoms with Gasteiger partial charge < -0.3 is 10.6 Å². The Morgan fingerprint density at radius 1 is 0.935 bits per heavy atom. The first-order valence-corrected chi connectivity index (χ1v) is 10.4. The topological polar surface area (TPSA) is 97.2 Å². The number of nitro groups is 1. The van der Waals surface area contributed by atoms with Crippen molar-refractivity contribution < 1.29 is 9.72 Å². The van der Waals surface area contributed by atoms with Crippen molar-refractivity contribution in [1.29, 1.82) is 0 Å². The van der Waals surface area contributed by atoms with Crippen LogP contribution in [0.5, 0.6) is 0 Å². The molecule has 152 valence electrons. The molecular weight excluding hydrogens is 412 g/mol. The fraction of sp³-hybridized carbons (Fsp3) is 0.0435. The van der Waals surface area contributed by atoms with Crippen molar-refractivity contribution in [3.8, 4) is 0 Å². The van der Waals surface area contributed by atoms with Crippen molar-refractivity contribution >= 4 is 44.5 Å². The molecule has 0 unspecified atom stereocenters. The summed E-state index contributed by atoms with van der Waals surface area (Å²) in [7, 11) is 0. The molecule has 0 radical (unpaired) electrons. The Morgan fingerprint density at radius 2 is 1.65 bits per heavy atom. The SMILES string of the molecule is O=C1NC(c2ccccc2)=C(c2nc3ccccc3s2)[C@@H](c2ccc([N+](=O)[O-])cc2)N1. The number of nitrogens with one attached hydrogen (secondary N) is 2. The molecule has 31 heavy (non-hydrogen) atoms. The van der Waals surface area contributed by atoms with E-state index in [0.717, 1.165) is 31.9 Å². The third kappa shape index (κ3) is 3.53. The summed E-state index contributed by atoms with van der Waals surface area (Å²) in [6.07, 6.45) is 0. The summed E-state index contributed by atoms with van der Waals surface area (Å²) in [5, 5.41) is 17.8. The van der Waals surface area contributed by atoms with Crippen LogP contribution in [0.2, 0.25) is 0 Å². The molecule has 0 fully saturated rings. The second-order valence-corrected chi connectivity index (χ2v) is 8.05. The fourth-order valence-corrected chi connectivity index (χ4v) is 4.70. The molecule has 0 aliphatic carbocycles. The van der Waals surface area contributed by atoms with Crippen LogP contribution in [0.1, 0.15) is 22.2 Å². The zero-order valence-electron chi connectivity index (χ0n) is 16.1. The lowest BCUT2D eigenvalue weighted by Gasteiger charge is -2.29. The highest BCUT2D eigenvalue weighted by molar-refractivity contribution is 7.19. The molecule has 7 nitrogen and oxygen atoms in total. The van der Waals surface area contributed by atoms with Crippen molar-refractivity contribution in [3.63, 3.8) is 0 Å². The molecule has 1 aromatic heterocycles. The highest BCUT2D eigenvalue weighted by Crippen LogP contribution is 2.41. The van der Waals surface area contributed by atoms with E-state index in [1.54, 1.807) is 23.5 Å². The third-order valence-corrected chi connectivity index (χ3v) is 6.17. The molecule has 3 aromatic carbocycles. The maximum atomic E-state index is 12.6. The first-order valence-electron chi connectivity index (χ1n) is 9.57. The smallest absolute Gasteiger partial charge is 0.320 e. The maximum absolute atomic E-state index is 12.6. The second kappa shape index (κ2) is 7.66. The van der Waals surface area contributed by atoms with Gasteiger partial charge >= 0.3 is 6.03 Å². The number of aromatic nitrogens is 1. The molecule has 0 saturated heterocycles. The molecular formula is C23H16N4O3S. The zero-order valence-corrected chi connectivity index (χ0v) is 16.9. The Labute approximate surface area is 181 Å². The summed E-state index contributed by atoms with van der Waals surface area (Å²) in [4.78, 5) is 28.0. The maximum Gasteiger partial charge on any atom is 0.320 e. The number of thiazole rings is 1. The number of carbonyl (C=O) groups excluding carboxylic acids is 1. The number of hydrogen-bond donors (Lipinski definition) is 2. The van der Waals surface area contributed by atoms with Gasteiger partial charge in [-0.1, -0.05) is 42.5 Å². The molecule has 5 rings (SSSR count).